The number of rotatable bonds is 4. The van der Waals surface area contributed by atoms with Gasteiger partial charge in [0.15, 0.2) is 11.5 Å². The van der Waals surface area contributed by atoms with Crippen LogP contribution in [-0.2, 0) is 12.6 Å². The van der Waals surface area contributed by atoms with E-state index in [0.717, 1.165) is 24.2 Å². The topological polar surface area (TPSA) is 56.2 Å². The fraction of sp³-hybridized carbons (Fsp3) is 0.250. The quantitative estimate of drug-likeness (QED) is 0.802. The zero-order valence-electron chi connectivity index (χ0n) is 12.2. The lowest BCUT2D eigenvalue weighted by molar-refractivity contribution is -0.137. The molecule has 7 heteroatoms. The third kappa shape index (κ3) is 3.34. The van der Waals surface area contributed by atoms with Crippen LogP contribution in [0.4, 0.5) is 13.2 Å². The molecule has 1 aromatic carbocycles. The number of hydrogen-bond donors (Lipinski definition) is 1. The lowest BCUT2D eigenvalue weighted by Gasteiger charge is -2.11. The molecule has 0 saturated heterocycles. The molecule has 0 bridgehead atoms. The van der Waals surface area contributed by atoms with Gasteiger partial charge < -0.3 is 5.73 Å². The second-order valence-electron chi connectivity index (χ2n) is 5.33. The van der Waals surface area contributed by atoms with Crippen molar-refractivity contribution in [1.82, 2.24) is 14.6 Å². The Bertz CT molecular complexity index is 796. The van der Waals surface area contributed by atoms with Gasteiger partial charge in [-0.25, -0.2) is 0 Å². The van der Waals surface area contributed by atoms with Crippen LogP contribution in [0.5, 0.6) is 0 Å². The van der Waals surface area contributed by atoms with Crippen molar-refractivity contribution in [3.05, 3.63) is 65.6 Å². The highest BCUT2D eigenvalue weighted by molar-refractivity contribution is 5.40. The van der Waals surface area contributed by atoms with E-state index < -0.39 is 17.8 Å². The Hall–Kier alpha value is -2.41. The molecule has 4 nitrogen and oxygen atoms in total. The van der Waals surface area contributed by atoms with E-state index in [1.807, 2.05) is 30.3 Å². The van der Waals surface area contributed by atoms with Gasteiger partial charge in [0.05, 0.1) is 11.6 Å². The highest BCUT2D eigenvalue weighted by atomic mass is 19.4. The van der Waals surface area contributed by atoms with E-state index in [4.69, 9.17) is 5.73 Å². The van der Waals surface area contributed by atoms with Crippen molar-refractivity contribution in [2.24, 2.45) is 5.73 Å². The van der Waals surface area contributed by atoms with E-state index in [1.54, 1.807) is 0 Å². The van der Waals surface area contributed by atoms with Gasteiger partial charge in [0.2, 0.25) is 0 Å². The van der Waals surface area contributed by atoms with Crippen molar-refractivity contribution in [2.75, 3.05) is 0 Å². The van der Waals surface area contributed by atoms with Gasteiger partial charge in [-0.1, -0.05) is 30.3 Å². The minimum atomic E-state index is -4.41. The van der Waals surface area contributed by atoms with Crippen LogP contribution in [0.15, 0.2) is 48.7 Å². The smallest absolute Gasteiger partial charge is 0.321 e. The van der Waals surface area contributed by atoms with Gasteiger partial charge in [0, 0.05) is 6.20 Å². The fourth-order valence-electron chi connectivity index (χ4n) is 2.42. The van der Waals surface area contributed by atoms with Crippen LogP contribution < -0.4 is 5.73 Å². The highest BCUT2D eigenvalue weighted by Gasteiger charge is 2.31. The first-order chi connectivity index (χ1) is 10.9. The summed E-state index contributed by atoms with van der Waals surface area (Å²) in [6.07, 6.45) is -2.13. The summed E-state index contributed by atoms with van der Waals surface area (Å²) < 4.78 is 39.8. The second-order valence-corrected chi connectivity index (χ2v) is 5.33. The monoisotopic (exact) mass is 320 g/mol. The Morgan fingerprint density at radius 3 is 2.48 bits per heavy atom. The fourth-order valence-corrected chi connectivity index (χ4v) is 2.42. The zero-order valence-corrected chi connectivity index (χ0v) is 12.2. The molecule has 120 valence electrons. The van der Waals surface area contributed by atoms with Gasteiger partial charge in [-0.3, -0.25) is 4.40 Å². The number of aryl methyl sites for hydroxylation is 1. The number of pyridine rings is 1. The molecule has 1 atom stereocenters. The SMILES string of the molecule is N[C@H](CCc1ccccc1)c1nnc2ccc(C(F)(F)F)cn12. The van der Waals surface area contributed by atoms with Gasteiger partial charge in [-0.2, -0.15) is 13.2 Å². The van der Waals surface area contributed by atoms with Gasteiger partial charge in [0.25, 0.3) is 0 Å². The number of halogens is 3. The average Bonchev–Trinajstić information content (AvgIpc) is 2.96. The van der Waals surface area contributed by atoms with E-state index in [2.05, 4.69) is 10.2 Å². The second kappa shape index (κ2) is 6.00. The van der Waals surface area contributed by atoms with E-state index in [-0.39, 0.29) is 0 Å². The zero-order chi connectivity index (χ0) is 16.4. The van der Waals surface area contributed by atoms with Gasteiger partial charge in [-0.05, 0) is 30.5 Å². The largest absolute Gasteiger partial charge is 0.417 e. The molecular weight excluding hydrogens is 305 g/mol. The molecule has 0 radical (unpaired) electrons. The van der Waals surface area contributed by atoms with Crippen LogP contribution in [0.3, 0.4) is 0 Å². The molecule has 0 aliphatic carbocycles. The molecule has 0 unspecified atom stereocenters. The summed E-state index contributed by atoms with van der Waals surface area (Å²) in [5.41, 5.74) is 6.83. The summed E-state index contributed by atoms with van der Waals surface area (Å²) in [5, 5.41) is 7.83. The van der Waals surface area contributed by atoms with Crippen LogP contribution in [0.2, 0.25) is 0 Å². The van der Waals surface area contributed by atoms with E-state index in [9.17, 15) is 13.2 Å². The molecule has 0 amide bonds. The Balaban J connectivity index is 1.84. The van der Waals surface area contributed by atoms with Crippen molar-refractivity contribution < 1.29 is 13.2 Å². The molecule has 2 aromatic heterocycles. The third-order valence-electron chi connectivity index (χ3n) is 3.67. The van der Waals surface area contributed by atoms with Crippen LogP contribution >= 0.6 is 0 Å². The molecule has 0 saturated carbocycles. The highest BCUT2D eigenvalue weighted by Crippen LogP contribution is 2.29. The summed E-state index contributed by atoms with van der Waals surface area (Å²) in [6.45, 7) is 0. The Morgan fingerprint density at radius 1 is 1.04 bits per heavy atom. The number of aromatic nitrogens is 3. The minimum absolute atomic E-state index is 0.335. The normalized spacial score (nSPS) is 13.4. The summed E-state index contributed by atoms with van der Waals surface area (Å²) >= 11 is 0. The third-order valence-corrected chi connectivity index (χ3v) is 3.67. The molecular formula is C16H15F3N4. The number of fused-ring (bicyclic) bond motifs is 1. The van der Waals surface area contributed by atoms with Crippen molar-refractivity contribution in [3.63, 3.8) is 0 Å². The number of nitrogens with zero attached hydrogens (tertiary/aromatic N) is 3. The molecule has 3 rings (SSSR count). The minimum Gasteiger partial charge on any atom is -0.321 e. The van der Waals surface area contributed by atoms with Crippen LogP contribution in [0.1, 0.15) is 29.4 Å². The Labute approximate surface area is 130 Å². The predicted molar refractivity (Wildman–Crippen MR) is 79.7 cm³/mol. The van der Waals surface area contributed by atoms with E-state index in [0.29, 0.717) is 17.9 Å². The molecule has 23 heavy (non-hydrogen) atoms. The molecule has 0 aliphatic rings. The lowest BCUT2D eigenvalue weighted by atomic mass is 10.1. The standard InChI is InChI=1S/C16H15F3N4/c17-16(18,19)12-7-9-14-21-22-15(23(14)10-12)13(20)8-6-11-4-2-1-3-5-11/h1-5,7,9-10,13H,6,8,20H2/t13-/m1/s1. The van der Waals surface area contributed by atoms with Crippen LogP contribution in [-0.4, -0.2) is 14.6 Å². The summed E-state index contributed by atoms with van der Waals surface area (Å²) in [6, 6.07) is 11.5. The van der Waals surface area contributed by atoms with Gasteiger partial charge in [0.1, 0.15) is 0 Å². The van der Waals surface area contributed by atoms with E-state index in [1.165, 1.54) is 10.5 Å². The Morgan fingerprint density at radius 2 is 1.78 bits per heavy atom. The van der Waals surface area contributed by atoms with Crippen molar-refractivity contribution in [2.45, 2.75) is 25.1 Å². The first-order valence-electron chi connectivity index (χ1n) is 7.16. The van der Waals surface area contributed by atoms with Crippen molar-refractivity contribution in [3.8, 4) is 0 Å². The molecule has 2 heterocycles. The summed E-state index contributed by atoms with van der Waals surface area (Å²) in [4.78, 5) is 0. The van der Waals surface area contributed by atoms with Gasteiger partial charge >= 0.3 is 6.18 Å². The molecule has 0 aliphatic heterocycles. The van der Waals surface area contributed by atoms with E-state index >= 15 is 0 Å². The van der Waals surface area contributed by atoms with Crippen LogP contribution in [0.25, 0.3) is 5.65 Å². The van der Waals surface area contributed by atoms with Gasteiger partial charge in [-0.15, -0.1) is 10.2 Å². The number of benzene rings is 1. The molecule has 3 aromatic rings. The maximum absolute atomic E-state index is 12.8. The summed E-state index contributed by atoms with van der Waals surface area (Å²) in [5.74, 6) is 0.335. The number of alkyl halides is 3. The number of hydrogen-bond acceptors (Lipinski definition) is 3. The predicted octanol–water partition coefficient (Wildman–Crippen LogP) is 3.38. The Kier molecular flexibility index (Phi) is 4.04. The first kappa shape index (κ1) is 15.5. The lowest BCUT2D eigenvalue weighted by Crippen LogP contribution is -2.16. The molecule has 0 fully saturated rings. The number of nitrogens with two attached hydrogens (primary N) is 1. The summed E-state index contributed by atoms with van der Waals surface area (Å²) in [7, 11) is 0. The molecule has 0 spiro atoms. The molecule has 2 N–H and O–H groups in total. The maximum atomic E-state index is 12.8. The first-order valence-corrected chi connectivity index (χ1v) is 7.16. The maximum Gasteiger partial charge on any atom is 0.417 e. The van der Waals surface area contributed by atoms with Crippen molar-refractivity contribution in [1.29, 1.82) is 0 Å². The van der Waals surface area contributed by atoms with Crippen molar-refractivity contribution >= 4 is 5.65 Å². The van der Waals surface area contributed by atoms with Crippen LogP contribution in [0, 0.1) is 0 Å². The average molecular weight is 320 g/mol.